The zero-order valence-corrected chi connectivity index (χ0v) is 19.5. The van der Waals surface area contributed by atoms with E-state index in [1.807, 2.05) is 17.7 Å². The van der Waals surface area contributed by atoms with Crippen molar-refractivity contribution in [2.75, 3.05) is 16.8 Å². The number of carbonyl (C=O) groups is 2. The summed E-state index contributed by atoms with van der Waals surface area (Å²) in [4.78, 5) is 39.4. The number of aryl methyl sites for hydroxylation is 1. The second-order valence-corrected chi connectivity index (χ2v) is 8.49. The largest absolute Gasteiger partial charge is 0.439 e. The molecule has 10 heteroatoms. The third-order valence-electron chi connectivity index (χ3n) is 5.68. The van der Waals surface area contributed by atoms with Gasteiger partial charge < -0.3 is 15.0 Å². The van der Waals surface area contributed by atoms with E-state index in [1.165, 1.54) is 6.33 Å². The number of carbonyl (C=O) groups excluding carboxylic acids is 2. The molecule has 5 rings (SSSR count). The molecule has 0 aliphatic carbocycles. The maximum Gasteiger partial charge on any atom is 0.229 e. The zero-order valence-electron chi connectivity index (χ0n) is 18.8. The average molecular weight is 489 g/mol. The minimum atomic E-state index is -0.444. The molecule has 1 fully saturated rings. The molecule has 35 heavy (non-hydrogen) atoms. The Hall–Kier alpha value is -4.24. The highest BCUT2D eigenvalue weighted by Gasteiger charge is 2.35. The number of hydrogen-bond acceptors (Lipinski definition) is 6. The van der Waals surface area contributed by atoms with Gasteiger partial charge >= 0.3 is 0 Å². The van der Waals surface area contributed by atoms with Gasteiger partial charge in [-0.25, -0.2) is 15.0 Å². The Morgan fingerprint density at radius 3 is 2.57 bits per heavy atom. The number of benzene rings is 2. The molecule has 4 aromatic rings. The van der Waals surface area contributed by atoms with Gasteiger partial charge in [-0.2, -0.15) is 0 Å². The van der Waals surface area contributed by atoms with E-state index in [2.05, 4.69) is 20.3 Å². The zero-order chi connectivity index (χ0) is 24.4. The van der Waals surface area contributed by atoms with Crippen LogP contribution in [0.2, 0.25) is 5.02 Å². The van der Waals surface area contributed by atoms with Crippen LogP contribution in [0.1, 0.15) is 12.2 Å². The van der Waals surface area contributed by atoms with Crippen molar-refractivity contribution < 1.29 is 14.3 Å². The van der Waals surface area contributed by atoms with Crippen LogP contribution in [-0.4, -0.2) is 37.9 Å². The van der Waals surface area contributed by atoms with Crippen molar-refractivity contribution in [2.24, 2.45) is 5.92 Å². The Kier molecular flexibility index (Phi) is 6.15. The normalized spacial score (nSPS) is 15.3. The van der Waals surface area contributed by atoms with Crippen molar-refractivity contribution in [3.63, 3.8) is 0 Å². The summed E-state index contributed by atoms with van der Waals surface area (Å²) in [5.41, 5.74) is 1.34. The maximum atomic E-state index is 12.8. The van der Waals surface area contributed by atoms with Crippen LogP contribution in [0.4, 0.5) is 11.4 Å². The first-order chi connectivity index (χ1) is 17.0. The maximum absolute atomic E-state index is 12.8. The summed E-state index contributed by atoms with van der Waals surface area (Å²) >= 11 is 5.93. The number of aromatic nitrogens is 4. The summed E-state index contributed by atoms with van der Waals surface area (Å²) in [7, 11) is 0. The van der Waals surface area contributed by atoms with E-state index in [1.54, 1.807) is 65.7 Å². The third kappa shape index (κ3) is 4.99. The predicted octanol–water partition coefficient (Wildman–Crippen LogP) is 4.41. The monoisotopic (exact) mass is 488 g/mol. The molecule has 1 aliphatic rings. The summed E-state index contributed by atoms with van der Waals surface area (Å²) in [6, 6.07) is 15.7. The van der Waals surface area contributed by atoms with Crippen LogP contribution in [0.25, 0.3) is 5.82 Å². The van der Waals surface area contributed by atoms with Crippen molar-refractivity contribution >= 4 is 34.8 Å². The van der Waals surface area contributed by atoms with Crippen LogP contribution in [-0.2, 0) is 9.59 Å². The number of halogens is 1. The quantitative estimate of drug-likeness (QED) is 0.431. The number of amides is 2. The first-order valence-electron chi connectivity index (χ1n) is 10.9. The van der Waals surface area contributed by atoms with E-state index in [-0.39, 0.29) is 18.2 Å². The molecule has 176 valence electrons. The lowest BCUT2D eigenvalue weighted by molar-refractivity contribution is -0.122. The Balaban J connectivity index is 1.21. The molecule has 9 nitrogen and oxygen atoms in total. The first kappa shape index (κ1) is 22.5. The molecule has 1 N–H and O–H groups in total. The lowest BCUT2D eigenvalue weighted by Crippen LogP contribution is -2.28. The van der Waals surface area contributed by atoms with Crippen LogP contribution in [0.3, 0.4) is 0 Å². The first-order valence-corrected chi connectivity index (χ1v) is 11.3. The Bertz CT molecular complexity index is 1370. The van der Waals surface area contributed by atoms with Crippen LogP contribution < -0.4 is 15.0 Å². The van der Waals surface area contributed by atoms with Gasteiger partial charge in [-0.1, -0.05) is 11.6 Å². The Morgan fingerprint density at radius 2 is 1.86 bits per heavy atom. The molecule has 0 bridgehead atoms. The van der Waals surface area contributed by atoms with Crippen molar-refractivity contribution in [1.29, 1.82) is 0 Å². The predicted molar refractivity (Wildman–Crippen MR) is 131 cm³/mol. The van der Waals surface area contributed by atoms with E-state index >= 15 is 0 Å². The van der Waals surface area contributed by atoms with Gasteiger partial charge in [-0.05, 0) is 55.5 Å². The highest BCUT2D eigenvalue weighted by Crippen LogP contribution is 2.28. The number of ether oxygens (including phenoxy) is 1. The molecule has 0 saturated carbocycles. The summed E-state index contributed by atoms with van der Waals surface area (Å²) in [5.74, 6) is 1.64. The van der Waals surface area contributed by atoms with Crippen LogP contribution in [0.15, 0.2) is 73.3 Å². The van der Waals surface area contributed by atoms with Crippen molar-refractivity contribution in [1.82, 2.24) is 19.5 Å². The SMILES string of the molecule is Cc1nccn1-c1cc(Oc2ccc(NC(=O)C3CC(=O)N(c4ccc(Cl)cc4)C3)cc2)ncn1. The Morgan fingerprint density at radius 1 is 1.09 bits per heavy atom. The van der Waals surface area contributed by atoms with E-state index < -0.39 is 5.92 Å². The summed E-state index contributed by atoms with van der Waals surface area (Å²) in [6.07, 6.45) is 5.09. The fourth-order valence-electron chi connectivity index (χ4n) is 3.86. The number of imidazole rings is 1. The van der Waals surface area contributed by atoms with Gasteiger partial charge in [0.1, 0.15) is 23.7 Å². The molecule has 3 heterocycles. The van der Waals surface area contributed by atoms with Gasteiger partial charge in [0.15, 0.2) is 0 Å². The molecule has 1 aliphatic heterocycles. The lowest BCUT2D eigenvalue weighted by Gasteiger charge is -2.17. The van der Waals surface area contributed by atoms with Gasteiger partial charge in [0.25, 0.3) is 0 Å². The molecule has 2 aromatic carbocycles. The van der Waals surface area contributed by atoms with Gasteiger partial charge in [0, 0.05) is 47.8 Å². The smallest absolute Gasteiger partial charge is 0.229 e. The van der Waals surface area contributed by atoms with Crippen molar-refractivity contribution in [3.05, 3.63) is 84.2 Å². The molecule has 2 aromatic heterocycles. The molecule has 1 unspecified atom stereocenters. The van der Waals surface area contributed by atoms with Crippen LogP contribution in [0, 0.1) is 12.8 Å². The summed E-state index contributed by atoms with van der Waals surface area (Å²) in [5, 5.41) is 3.47. The van der Waals surface area contributed by atoms with E-state index in [9.17, 15) is 9.59 Å². The molecule has 2 amide bonds. The van der Waals surface area contributed by atoms with Crippen LogP contribution in [0.5, 0.6) is 11.6 Å². The third-order valence-corrected chi connectivity index (χ3v) is 5.93. The molecule has 0 spiro atoms. The topological polar surface area (TPSA) is 102 Å². The van der Waals surface area contributed by atoms with Crippen molar-refractivity contribution in [3.8, 4) is 17.4 Å². The minimum absolute atomic E-state index is 0.0914. The van der Waals surface area contributed by atoms with Gasteiger partial charge in [0.2, 0.25) is 17.7 Å². The highest BCUT2D eigenvalue weighted by molar-refractivity contribution is 6.30. The number of hydrogen-bond donors (Lipinski definition) is 1. The van der Waals surface area contributed by atoms with E-state index in [0.717, 1.165) is 11.5 Å². The van der Waals surface area contributed by atoms with Gasteiger partial charge in [-0.15, -0.1) is 0 Å². The second-order valence-electron chi connectivity index (χ2n) is 8.06. The fraction of sp³-hybridized carbons (Fsp3) is 0.160. The number of rotatable bonds is 6. The molecular weight excluding hydrogens is 468 g/mol. The molecule has 0 radical (unpaired) electrons. The second kappa shape index (κ2) is 9.55. The summed E-state index contributed by atoms with van der Waals surface area (Å²) in [6.45, 7) is 2.20. The Labute approximate surface area is 206 Å². The minimum Gasteiger partial charge on any atom is -0.439 e. The summed E-state index contributed by atoms with van der Waals surface area (Å²) < 4.78 is 7.67. The highest BCUT2D eigenvalue weighted by atomic mass is 35.5. The van der Waals surface area contributed by atoms with Gasteiger partial charge in [-0.3, -0.25) is 14.2 Å². The van der Waals surface area contributed by atoms with Crippen LogP contribution >= 0.6 is 11.6 Å². The molecule has 1 saturated heterocycles. The van der Waals surface area contributed by atoms with E-state index in [0.29, 0.717) is 34.7 Å². The molecular formula is C25H21ClN6O3. The van der Waals surface area contributed by atoms with E-state index in [4.69, 9.17) is 16.3 Å². The standard InChI is InChI=1S/C25H21ClN6O3/c1-16-27-10-11-31(16)22-13-23(29-15-28-22)35-21-8-4-19(5-9-21)30-25(34)17-12-24(33)32(14-17)20-6-2-18(26)3-7-20/h2-11,13,15,17H,12,14H2,1H3,(H,30,34). The average Bonchev–Trinajstić information content (AvgIpc) is 3.46. The number of nitrogens with one attached hydrogen (secondary N) is 1. The van der Waals surface area contributed by atoms with Gasteiger partial charge in [0.05, 0.1) is 5.92 Å². The lowest BCUT2D eigenvalue weighted by atomic mass is 10.1. The molecule has 1 atom stereocenters. The van der Waals surface area contributed by atoms with Crippen molar-refractivity contribution in [2.45, 2.75) is 13.3 Å². The number of nitrogens with zero attached hydrogens (tertiary/aromatic N) is 5. The number of anilines is 2. The fourth-order valence-corrected chi connectivity index (χ4v) is 3.99.